The first kappa shape index (κ1) is 24.7. The van der Waals surface area contributed by atoms with Crippen molar-refractivity contribution in [3.8, 4) is 0 Å². The first-order chi connectivity index (χ1) is 16.2. The molecule has 0 bridgehead atoms. The number of hydrogen-bond acceptors (Lipinski definition) is 7. The molecule has 34 heavy (non-hydrogen) atoms. The summed E-state index contributed by atoms with van der Waals surface area (Å²) in [6.45, 7) is 8.17. The monoisotopic (exact) mass is 505 g/mol. The molecule has 0 N–H and O–H groups in total. The summed E-state index contributed by atoms with van der Waals surface area (Å²) in [5, 5.41) is 0.491. The number of ether oxygens (including phenoxy) is 1. The number of fused-ring (bicyclic) bond motifs is 1. The van der Waals surface area contributed by atoms with Crippen LogP contribution in [0.25, 0.3) is 10.2 Å². The van der Waals surface area contributed by atoms with Gasteiger partial charge in [-0.2, -0.15) is 0 Å². The maximum atomic E-state index is 13.3. The zero-order valence-electron chi connectivity index (χ0n) is 19.3. The summed E-state index contributed by atoms with van der Waals surface area (Å²) in [5.74, 6) is -1.78. The van der Waals surface area contributed by atoms with E-state index in [0.29, 0.717) is 31.3 Å². The highest BCUT2D eigenvalue weighted by atomic mass is 32.2. The van der Waals surface area contributed by atoms with E-state index in [0.717, 1.165) is 53.1 Å². The molecule has 10 heteroatoms. The minimum absolute atomic E-state index is 0.0775. The Morgan fingerprint density at radius 2 is 1.88 bits per heavy atom. The summed E-state index contributed by atoms with van der Waals surface area (Å²) in [6, 6.07) is 8.59. The van der Waals surface area contributed by atoms with Gasteiger partial charge in [0.25, 0.3) is 0 Å². The molecule has 1 aliphatic heterocycles. The van der Waals surface area contributed by atoms with Crippen molar-refractivity contribution in [2.75, 3.05) is 50.0 Å². The Bertz CT molecular complexity index is 1270. The third-order valence-electron chi connectivity index (χ3n) is 5.80. The summed E-state index contributed by atoms with van der Waals surface area (Å²) >= 11 is 1.39. The summed E-state index contributed by atoms with van der Waals surface area (Å²) in [4.78, 5) is 21.7. The summed E-state index contributed by atoms with van der Waals surface area (Å²) in [7, 11) is -3.93. The number of anilines is 1. The van der Waals surface area contributed by atoms with Crippen LogP contribution in [0.15, 0.2) is 41.3 Å². The second kappa shape index (κ2) is 10.5. The van der Waals surface area contributed by atoms with Crippen molar-refractivity contribution in [1.29, 1.82) is 0 Å². The lowest BCUT2D eigenvalue weighted by Gasteiger charge is -2.27. The van der Waals surface area contributed by atoms with Gasteiger partial charge in [-0.3, -0.25) is 14.6 Å². The van der Waals surface area contributed by atoms with Crippen molar-refractivity contribution in [3.63, 3.8) is 0 Å². The lowest BCUT2D eigenvalue weighted by atomic mass is 10.1. The van der Waals surface area contributed by atoms with Crippen LogP contribution in [0.5, 0.6) is 0 Å². The molecule has 1 amide bonds. The molecule has 0 saturated carbocycles. The second-order valence-electron chi connectivity index (χ2n) is 8.49. The maximum absolute atomic E-state index is 13.3. The van der Waals surface area contributed by atoms with E-state index >= 15 is 0 Å². The Morgan fingerprint density at radius 3 is 2.59 bits per heavy atom. The number of carbonyl (C=O) groups is 1. The number of nitrogens with zero attached hydrogens (tertiary/aromatic N) is 3. The van der Waals surface area contributed by atoms with Crippen LogP contribution in [0.1, 0.15) is 17.5 Å². The SMILES string of the molecule is Cc1cc(C)c2nc(N(CCCN3CCOCC3)C(=O)CS(=O)(=O)c3ccc(F)cc3)sc2c1. The third kappa shape index (κ3) is 5.80. The van der Waals surface area contributed by atoms with Crippen LogP contribution in [-0.2, 0) is 19.4 Å². The second-order valence-corrected chi connectivity index (χ2v) is 11.5. The number of amides is 1. The first-order valence-electron chi connectivity index (χ1n) is 11.2. The van der Waals surface area contributed by atoms with Crippen LogP contribution in [0.4, 0.5) is 9.52 Å². The number of halogens is 1. The number of rotatable bonds is 8. The number of sulfone groups is 1. The van der Waals surface area contributed by atoms with E-state index in [1.165, 1.54) is 28.4 Å². The van der Waals surface area contributed by atoms with Crippen LogP contribution < -0.4 is 4.90 Å². The first-order valence-corrected chi connectivity index (χ1v) is 13.7. The van der Waals surface area contributed by atoms with Crippen LogP contribution in [0.2, 0.25) is 0 Å². The number of aromatic nitrogens is 1. The van der Waals surface area contributed by atoms with E-state index in [1.54, 1.807) is 0 Å². The number of carbonyl (C=O) groups excluding carboxylic acids is 1. The Balaban J connectivity index is 1.58. The fourth-order valence-electron chi connectivity index (χ4n) is 4.04. The predicted octanol–water partition coefficient (Wildman–Crippen LogP) is 3.58. The molecule has 0 atom stereocenters. The minimum atomic E-state index is -3.93. The molecule has 182 valence electrons. The molecule has 0 unspecified atom stereocenters. The van der Waals surface area contributed by atoms with Gasteiger partial charge in [0.2, 0.25) is 5.91 Å². The molecule has 1 aromatic heterocycles. The van der Waals surface area contributed by atoms with Gasteiger partial charge in [-0.25, -0.2) is 17.8 Å². The van der Waals surface area contributed by atoms with Crippen molar-refractivity contribution >= 4 is 42.4 Å². The molecule has 1 saturated heterocycles. The van der Waals surface area contributed by atoms with Crippen LogP contribution in [-0.4, -0.2) is 69.4 Å². The fraction of sp³-hybridized carbons (Fsp3) is 0.417. The molecule has 1 fully saturated rings. The van der Waals surface area contributed by atoms with Crippen molar-refractivity contribution in [3.05, 3.63) is 53.3 Å². The molecule has 3 aromatic rings. The lowest BCUT2D eigenvalue weighted by molar-refractivity contribution is -0.116. The number of morpholine rings is 1. The molecule has 2 heterocycles. The van der Waals surface area contributed by atoms with Crippen molar-refractivity contribution in [2.45, 2.75) is 25.2 Å². The summed E-state index contributed by atoms with van der Waals surface area (Å²) < 4.78 is 45.3. The zero-order valence-corrected chi connectivity index (χ0v) is 20.9. The van der Waals surface area contributed by atoms with E-state index < -0.39 is 27.3 Å². The third-order valence-corrected chi connectivity index (χ3v) is 8.44. The maximum Gasteiger partial charge on any atom is 0.244 e. The summed E-state index contributed by atoms with van der Waals surface area (Å²) in [6.07, 6.45) is 0.677. The van der Waals surface area contributed by atoms with Gasteiger partial charge in [-0.05, 0) is 61.7 Å². The zero-order chi connectivity index (χ0) is 24.3. The molecule has 4 rings (SSSR count). The van der Waals surface area contributed by atoms with Gasteiger partial charge < -0.3 is 4.74 Å². The largest absolute Gasteiger partial charge is 0.379 e. The molecular weight excluding hydrogens is 477 g/mol. The van der Waals surface area contributed by atoms with E-state index in [4.69, 9.17) is 9.72 Å². The van der Waals surface area contributed by atoms with Crippen LogP contribution >= 0.6 is 11.3 Å². The average molecular weight is 506 g/mol. The van der Waals surface area contributed by atoms with E-state index in [1.807, 2.05) is 26.0 Å². The lowest BCUT2D eigenvalue weighted by Crippen LogP contribution is -2.40. The number of hydrogen-bond donors (Lipinski definition) is 0. The van der Waals surface area contributed by atoms with E-state index in [-0.39, 0.29) is 4.90 Å². The van der Waals surface area contributed by atoms with Gasteiger partial charge in [0, 0.05) is 26.2 Å². The van der Waals surface area contributed by atoms with Crippen molar-refractivity contribution in [2.24, 2.45) is 0 Å². The number of benzene rings is 2. The Kier molecular flexibility index (Phi) is 7.61. The highest BCUT2D eigenvalue weighted by Crippen LogP contribution is 2.32. The molecule has 2 aromatic carbocycles. The van der Waals surface area contributed by atoms with Crippen LogP contribution in [0, 0.1) is 19.7 Å². The topological polar surface area (TPSA) is 79.8 Å². The standard InChI is InChI=1S/C24H28FN3O4S2/c1-17-14-18(2)23-21(15-17)33-24(26-23)28(9-3-8-27-10-12-32-13-11-27)22(29)16-34(30,31)20-6-4-19(25)5-7-20/h4-7,14-15H,3,8-13,16H2,1-2H3. The number of thiazole rings is 1. The van der Waals surface area contributed by atoms with Crippen molar-refractivity contribution in [1.82, 2.24) is 9.88 Å². The van der Waals surface area contributed by atoms with Crippen molar-refractivity contribution < 1.29 is 22.3 Å². The Morgan fingerprint density at radius 1 is 1.18 bits per heavy atom. The normalized spacial score (nSPS) is 15.0. The molecule has 0 radical (unpaired) electrons. The van der Waals surface area contributed by atoms with E-state index in [9.17, 15) is 17.6 Å². The predicted molar refractivity (Wildman–Crippen MR) is 132 cm³/mol. The van der Waals surface area contributed by atoms with Gasteiger partial charge in [0.05, 0.1) is 28.3 Å². The Hall–Kier alpha value is -2.40. The quantitative estimate of drug-likeness (QED) is 0.436. The van der Waals surface area contributed by atoms with Gasteiger partial charge in [0.15, 0.2) is 15.0 Å². The molecule has 0 aliphatic carbocycles. The summed E-state index contributed by atoms with van der Waals surface area (Å²) in [5.41, 5.74) is 2.93. The number of aryl methyl sites for hydroxylation is 2. The minimum Gasteiger partial charge on any atom is -0.379 e. The van der Waals surface area contributed by atoms with E-state index in [2.05, 4.69) is 4.90 Å². The molecular formula is C24H28FN3O4S2. The average Bonchev–Trinajstić information content (AvgIpc) is 3.21. The van der Waals surface area contributed by atoms with Crippen LogP contribution in [0.3, 0.4) is 0 Å². The van der Waals surface area contributed by atoms with Gasteiger partial charge in [-0.1, -0.05) is 17.4 Å². The van der Waals surface area contributed by atoms with Gasteiger partial charge in [0.1, 0.15) is 11.6 Å². The fourth-order valence-corrected chi connectivity index (χ4v) is 6.43. The molecule has 7 nitrogen and oxygen atoms in total. The smallest absolute Gasteiger partial charge is 0.244 e. The van der Waals surface area contributed by atoms with Gasteiger partial charge in [-0.15, -0.1) is 0 Å². The molecule has 1 aliphatic rings. The molecule has 0 spiro atoms. The Labute approximate surface area is 203 Å². The highest BCUT2D eigenvalue weighted by Gasteiger charge is 2.27. The highest BCUT2D eigenvalue weighted by molar-refractivity contribution is 7.92. The van der Waals surface area contributed by atoms with Gasteiger partial charge >= 0.3 is 0 Å².